The highest BCUT2D eigenvalue weighted by Crippen LogP contribution is 2.35. The van der Waals surface area contributed by atoms with Crippen molar-refractivity contribution in [2.45, 2.75) is 12.5 Å². The summed E-state index contributed by atoms with van der Waals surface area (Å²) in [5.41, 5.74) is 3.44. The van der Waals surface area contributed by atoms with Crippen LogP contribution in [-0.2, 0) is 10.4 Å². The van der Waals surface area contributed by atoms with Crippen LogP contribution in [0.2, 0.25) is 10.0 Å². The number of benzene rings is 2. The summed E-state index contributed by atoms with van der Waals surface area (Å²) in [6, 6.07) is 10.1. The predicted molar refractivity (Wildman–Crippen MR) is 86.7 cm³/mol. The van der Waals surface area contributed by atoms with Crippen molar-refractivity contribution in [3.05, 3.63) is 68.2 Å². The average Bonchev–Trinajstić information content (AvgIpc) is 2.45. The maximum absolute atomic E-state index is 12.0. The number of carbonyl (C=O) groups excluding carboxylic acids is 1. The smallest absolute Gasteiger partial charge is 0.277 e. The summed E-state index contributed by atoms with van der Waals surface area (Å²) in [5.74, 6) is -0.718. The fourth-order valence-corrected chi connectivity index (χ4v) is 2.60. The normalized spacial score (nSPS) is 13.2. The van der Waals surface area contributed by atoms with Gasteiger partial charge in [-0.05, 0) is 31.2 Å². The third-order valence-corrected chi connectivity index (χ3v) is 3.68. The molecule has 0 bridgehead atoms. The lowest BCUT2D eigenvalue weighted by molar-refractivity contribution is -0.386. The molecule has 2 aromatic carbocycles. The minimum absolute atomic E-state index is 0.0357. The first-order valence-corrected chi connectivity index (χ1v) is 7.18. The molecule has 1 atom stereocenters. The largest absolute Gasteiger partial charge is 0.473 e. The second kappa shape index (κ2) is 6.44. The van der Waals surface area contributed by atoms with E-state index in [1.54, 1.807) is 6.07 Å². The van der Waals surface area contributed by atoms with Gasteiger partial charge in [0.15, 0.2) is 0 Å². The third kappa shape index (κ3) is 3.55. The molecular weight excluding hydrogens is 343 g/mol. The van der Waals surface area contributed by atoms with Crippen molar-refractivity contribution in [2.75, 3.05) is 0 Å². The second-order valence-electron chi connectivity index (χ2n) is 4.88. The number of para-hydroxylation sites is 1. The Morgan fingerprint density at radius 3 is 2.30 bits per heavy atom. The Bertz CT molecular complexity index is 762. The molecule has 0 aliphatic heterocycles. The zero-order chi connectivity index (χ0) is 17.2. The molecule has 6 nitrogen and oxygen atoms in total. The molecule has 1 amide bonds. The first-order chi connectivity index (χ1) is 10.7. The molecule has 0 aliphatic rings. The summed E-state index contributed by atoms with van der Waals surface area (Å²) in [5, 5.41) is 11.8. The number of rotatable bonds is 5. The number of nitro benzene ring substituents is 1. The number of primary amides is 1. The number of amides is 1. The molecule has 0 saturated heterocycles. The van der Waals surface area contributed by atoms with Crippen LogP contribution in [0, 0.1) is 10.1 Å². The number of carbonyl (C=O) groups is 1. The van der Waals surface area contributed by atoms with Crippen molar-refractivity contribution in [3.63, 3.8) is 0 Å². The lowest BCUT2D eigenvalue weighted by Gasteiger charge is -2.27. The molecule has 0 heterocycles. The highest BCUT2D eigenvalue weighted by Gasteiger charge is 2.41. The Morgan fingerprint density at radius 1 is 1.22 bits per heavy atom. The number of nitrogens with two attached hydrogens (primary N) is 1. The van der Waals surface area contributed by atoms with E-state index in [1.807, 2.05) is 0 Å². The van der Waals surface area contributed by atoms with Crippen LogP contribution in [0.5, 0.6) is 5.75 Å². The van der Waals surface area contributed by atoms with Crippen molar-refractivity contribution >= 4 is 34.8 Å². The SMILES string of the molecule is CC(Oc1cc(Cl)cc(Cl)c1)(C(N)=O)c1ccccc1[N+](=O)[O-]. The minimum atomic E-state index is -1.77. The molecule has 0 aromatic heterocycles. The Labute approximate surface area is 141 Å². The maximum atomic E-state index is 12.0. The molecule has 1 unspecified atom stereocenters. The number of halogens is 2. The van der Waals surface area contributed by atoms with Crippen LogP contribution in [0.3, 0.4) is 0 Å². The van der Waals surface area contributed by atoms with E-state index in [2.05, 4.69) is 0 Å². The molecule has 0 spiro atoms. The van der Waals surface area contributed by atoms with Gasteiger partial charge in [0.1, 0.15) is 5.75 Å². The Balaban J connectivity index is 2.56. The van der Waals surface area contributed by atoms with Gasteiger partial charge in [-0.25, -0.2) is 0 Å². The minimum Gasteiger partial charge on any atom is -0.473 e. The second-order valence-corrected chi connectivity index (χ2v) is 5.75. The van der Waals surface area contributed by atoms with E-state index in [1.165, 1.54) is 43.3 Å². The Kier molecular flexibility index (Phi) is 4.77. The fourth-order valence-electron chi connectivity index (χ4n) is 2.10. The van der Waals surface area contributed by atoms with Gasteiger partial charge in [-0.2, -0.15) is 0 Å². The van der Waals surface area contributed by atoms with Crippen LogP contribution in [0.1, 0.15) is 12.5 Å². The molecule has 0 aliphatic carbocycles. The number of nitrogens with zero attached hydrogens (tertiary/aromatic N) is 1. The summed E-state index contributed by atoms with van der Waals surface area (Å²) in [7, 11) is 0. The fraction of sp³-hybridized carbons (Fsp3) is 0.133. The molecule has 0 radical (unpaired) electrons. The van der Waals surface area contributed by atoms with Crippen LogP contribution in [-0.4, -0.2) is 10.8 Å². The zero-order valence-corrected chi connectivity index (χ0v) is 13.5. The summed E-state index contributed by atoms with van der Waals surface area (Å²) in [4.78, 5) is 22.6. The van der Waals surface area contributed by atoms with Gasteiger partial charge in [0.25, 0.3) is 11.6 Å². The highest BCUT2D eigenvalue weighted by molar-refractivity contribution is 6.34. The van der Waals surface area contributed by atoms with E-state index in [9.17, 15) is 14.9 Å². The highest BCUT2D eigenvalue weighted by atomic mass is 35.5. The van der Waals surface area contributed by atoms with Crippen molar-refractivity contribution < 1.29 is 14.5 Å². The van der Waals surface area contributed by atoms with Gasteiger partial charge in [-0.1, -0.05) is 35.3 Å². The van der Waals surface area contributed by atoms with Gasteiger partial charge in [-0.3, -0.25) is 14.9 Å². The Hall–Kier alpha value is -2.31. The molecule has 0 saturated carbocycles. The lowest BCUT2D eigenvalue weighted by atomic mass is 9.93. The van der Waals surface area contributed by atoms with Crippen LogP contribution in [0.4, 0.5) is 5.69 Å². The molecular formula is C15H12Cl2N2O4. The topological polar surface area (TPSA) is 95.5 Å². The summed E-state index contributed by atoms with van der Waals surface area (Å²) in [6.45, 7) is 1.35. The summed E-state index contributed by atoms with van der Waals surface area (Å²) >= 11 is 11.8. The van der Waals surface area contributed by atoms with Crippen LogP contribution >= 0.6 is 23.2 Å². The van der Waals surface area contributed by atoms with Gasteiger partial charge < -0.3 is 10.5 Å². The predicted octanol–water partition coefficient (Wildman–Crippen LogP) is 3.68. The van der Waals surface area contributed by atoms with Crippen molar-refractivity contribution in [3.8, 4) is 5.75 Å². The van der Waals surface area contributed by atoms with E-state index < -0.39 is 16.4 Å². The first kappa shape index (κ1) is 17.1. The van der Waals surface area contributed by atoms with E-state index in [4.69, 9.17) is 33.7 Å². The quantitative estimate of drug-likeness (QED) is 0.654. The first-order valence-electron chi connectivity index (χ1n) is 6.43. The van der Waals surface area contributed by atoms with Gasteiger partial charge in [0.2, 0.25) is 5.60 Å². The number of nitro groups is 1. The van der Waals surface area contributed by atoms with Crippen molar-refractivity contribution in [1.29, 1.82) is 0 Å². The van der Waals surface area contributed by atoms with Crippen LogP contribution < -0.4 is 10.5 Å². The molecule has 0 fully saturated rings. The molecule has 2 N–H and O–H groups in total. The van der Waals surface area contributed by atoms with Crippen molar-refractivity contribution in [2.24, 2.45) is 5.73 Å². The standard InChI is InChI=1S/C15H12Cl2N2O4/c1-15(14(18)20,12-4-2-3-5-13(12)19(21)22)23-11-7-9(16)6-10(17)8-11/h2-8H,1H3,(H2,18,20). The van der Waals surface area contributed by atoms with Gasteiger partial charge in [0.05, 0.1) is 10.5 Å². The zero-order valence-electron chi connectivity index (χ0n) is 12.0. The van der Waals surface area contributed by atoms with Gasteiger partial charge in [0, 0.05) is 16.1 Å². The molecule has 2 aromatic rings. The van der Waals surface area contributed by atoms with E-state index in [0.717, 1.165) is 0 Å². The molecule has 8 heteroatoms. The van der Waals surface area contributed by atoms with Gasteiger partial charge >= 0.3 is 0 Å². The third-order valence-electron chi connectivity index (χ3n) is 3.24. The summed E-state index contributed by atoms with van der Waals surface area (Å²) in [6.07, 6.45) is 0. The lowest BCUT2D eigenvalue weighted by Crippen LogP contribution is -2.44. The molecule has 23 heavy (non-hydrogen) atoms. The van der Waals surface area contributed by atoms with E-state index in [-0.39, 0.29) is 17.0 Å². The van der Waals surface area contributed by atoms with Crippen LogP contribution in [0.15, 0.2) is 42.5 Å². The number of hydrogen-bond donors (Lipinski definition) is 1. The number of ether oxygens (including phenoxy) is 1. The van der Waals surface area contributed by atoms with Crippen LogP contribution in [0.25, 0.3) is 0 Å². The van der Waals surface area contributed by atoms with Gasteiger partial charge in [-0.15, -0.1) is 0 Å². The average molecular weight is 355 g/mol. The Morgan fingerprint density at radius 2 is 1.78 bits per heavy atom. The maximum Gasteiger partial charge on any atom is 0.277 e. The molecule has 120 valence electrons. The van der Waals surface area contributed by atoms with E-state index in [0.29, 0.717) is 10.0 Å². The molecule has 2 rings (SSSR count). The van der Waals surface area contributed by atoms with E-state index >= 15 is 0 Å². The summed E-state index contributed by atoms with van der Waals surface area (Å²) < 4.78 is 5.65. The van der Waals surface area contributed by atoms with Crippen molar-refractivity contribution in [1.82, 2.24) is 0 Å². The number of hydrogen-bond acceptors (Lipinski definition) is 4. The monoisotopic (exact) mass is 354 g/mol.